The van der Waals surface area contributed by atoms with Crippen molar-refractivity contribution >= 4 is 29.1 Å². The van der Waals surface area contributed by atoms with E-state index < -0.39 is 17.6 Å². The standard InChI is InChI=1S/C10H11ClFN3O2/c11-6-1-2-8(7(12)3-6)15-10(17)5-14-9(16)4-13/h1-3H,4-5,13H2,(H,14,16)(H,15,17). The molecular weight excluding hydrogens is 249 g/mol. The van der Waals surface area contributed by atoms with Crippen LogP contribution in [-0.2, 0) is 9.59 Å². The molecule has 1 rings (SSSR count). The highest BCUT2D eigenvalue weighted by Crippen LogP contribution is 2.18. The Morgan fingerprint density at radius 3 is 2.65 bits per heavy atom. The number of amides is 2. The van der Waals surface area contributed by atoms with Crippen molar-refractivity contribution in [3.63, 3.8) is 0 Å². The maximum atomic E-state index is 13.3. The molecule has 0 aliphatic rings. The minimum Gasteiger partial charge on any atom is -0.346 e. The first kappa shape index (κ1) is 13.4. The van der Waals surface area contributed by atoms with Gasteiger partial charge in [-0.25, -0.2) is 4.39 Å². The summed E-state index contributed by atoms with van der Waals surface area (Å²) in [4.78, 5) is 22.1. The Hall–Kier alpha value is -1.66. The molecule has 0 aliphatic carbocycles. The second-order valence-electron chi connectivity index (χ2n) is 3.15. The zero-order chi connectivity index (χ0) is 12.8. The summed E-state index contributed by atoms with van der Waals surface area (Å²) in [6.07, 6.45) is 0. The van der Waals surface area contributed by atoms with Crippen molar-refractivity contribution in [3.05, 3.63) is 29.0 Å². The number of hydrogen-bond acceptors (Lipinski definition) is 3. The van der Waals surface area contributed by atoms with Crippen LogP contribution in [0.5, 0.6) is 0 Å². The van der Waals surface area contributed by atoms with E-state index in [1.807, 2.05) is 0 Å². The topological polar surface area (TPSA) is 84.2 Å². The molecule has 0 fully saturated rings. The van der Waals surface area contributed by atoms with Gasteiger partial charge < -0.3 is 16.4 Å². The molecule has 0 atom stereocenters. The Labute approximate surface area is 102 Å². The molecule has 1 aromatic carbocycles. The lowest BCUT2D eigenvalue weighted by Crippen LogP contribution is -2.36. The van der Waals surface area contributed by atoms with Crippen LogP contribution in [0, 0.1) is 5.82 Å². The number of carbonyl (C=O) groups excluding carboxylic acids is 2. The lowest BCUT2D eigenvalue weighted by molar-refractivity contribution is -0.123. The second-order valence-corrected chi connectivity index (χ2v) is 3.59. The molecule has 4 N–H and O–H groups in total. The van der Waals surface area contributed by atoms with Gasteiger partial charge in [0.15, 0.2) is 0 Å². The summed E-state index contributed by atoms with van der Waals surface area (Å²) in [7, 11) is 0. The molecule has 5 nitrogen and oxygen atoms in total. The van der Waals surface area contributed by atoms with Crippen molar-refractivity contribution in [1.82, 2.24) is 5.32 Å². The molecule has 0 bridgehead atoms. The SMILES string of the molecule is NCC(=O)NCC(=O)Nc1ccc(Cl)cc1F. The third-order valence-corrected chi connectivity index (χ3v) is 2.07. The van der Waals surface area contributed by atoms with Crippen molar-refractivity contribution in [2.45, 2.75) is 0 Å². The van der Waals surface area contributed by atoms with E-state index in [1.165, 1.54) is 12.1 Å². The van der Waals surface area contributed by atoms with E-state index in [1.54, 1.807) is 0 Å². The minimum atomic E-state index is -0.643. The molecule has 0 aliphatic heterocycles. The van der Waals surface area contributed by atoms with Gasteiger partial charge in [0.05, 0.1) is 18.8 Å². The van der Waals surface area contributed by atoms with E-state index >= 15 is 0 Å². The second kappa shape index (κ2) is 6.17. The Bertz CT molecular complexity index is 440. The highest BCUT2D eigenvalue weighted by atomic mass is 35.5. The van der Waals surface area contributed by atoms with Gasteiger partial charge in [0.2, 0.25) is 11.8 Å². The summed E-state index contributed by atoms with van der Waals surface area (Å²) in [6.45, 7) is -0.472. The quantitative estimate of drug-likeness (QED) is 0.736. The van der Waals surface area contributed by atoms with Gasteiger partial charge >= 0.3 is 0 Å². The molecule has 0 spiro atoms. The Morgan fingerprint density at radius 1 is 1.35 bits per heavy atom. The lowest BCUT2D eigenvalue weighted by Gasteiger charge is -2.07. The van der Waals surface area contributed by atoms with Gasteiger partial charge in [0.25, 0.3) is 0 Å². The van der Waals surface area contributed by atoms with E-state index in [-0.39, 0.29) is 23.8 Å². The first-order valence-electron chi connectivity index (χ1n) is 4.74. The van der Waals surface area contributed by atoms with Crippen molar-refractivity contribution in [1.29, 1.82) is 0 Å². The van der Waals surface area contributed by atoms with Gasteiger partial charge in [-0.2, -0.15) is 0 Å². The van der Waals surface area contributed by atoms with Crippen LogP contribution in [0.2, 0.25) is 5.02 Å². The maximum absolute atomic E-state index is 13.3. The zero-order valence-corrected chi connectivity index (χ0v) is 9.55. The number of nitrogens with two attached hydrogens (primary N) is 1. The van der Waals surface area contributed by atoms with Crippen LogP contribution in [-0.4, -0.2) is 24.9 Å². The first-order chi connectivity index (χ1) is 8.02. The fraction of sp³-hybridized carbons (Fsp3) is 0.200. The largest absolute Gasteiger partial charge is 0.346 e. The number of halogens is 2. The summed E-state index contributed by atoms with van der Waals surface area (Å²) >= 11 is 5.55. The summed E-state index contributed by atoms with van der Waals surface area (Å²) in [5.74, 6) is -1.65. The van der Waals surface area contributed by atoms with E-state index in [9.17, 15) is 14.0 Å². The van der Waals surface area contributed by atoms with Gasteiger partial charge in [-0.05, 0) is 18.2 Å². The summed E-state index contributed by atoms with van der Waals surface area (Å²) < 4.78 is 13.3. The van der Waals surface area contributed by atoms with Gasteiger partial charge in [-0.15, -0.1) is 0 Å². The molecule has 0 saturated carbocycles. The van der Waals surface area contributed by atoms with Gasteiger partial charge in [0.1, 0.15) is 5.82 Å². The monoisotopic (exact) mass is 259 g/mol. The van der Waals surface area contributed by atoms with Crippen molar-refractivity contribution in [3.8, 4) is 0 Å². The Kier molecular flexibility index (Phi) is 4.86. The normalized spacial score (nSPS) is 9.82. The van der Waals surface area contributed by atoms with Crippen LogP contribution in [0.25, 0.3) is 0 Å². The molecule has 1 aromatic rings. The molecule has 0 unspecified atom stereocenters. The van der Waals surface area contributed by atoms with Gasteiger partial charge in [0, 0.05) is 5.02 Å². The average molecular weight is 260 g/mol. The Balaban J connectivity index is 2.53. The number of carbonyl (C=O) groups is 2. The number of nitrogens with one attached hydrogen (secondary N) is 2. The van der Waals surface area contributed by atoms with Crippen LogP contribution in [0.3, 0.4) is 0 Å². The highest BCUT2D eigenvalue weighted by Gasteiger charge is 2.08. The van der Waals surface area contributed by atoms with E-state index in [4.69, 9.17) is 17.3 Å². The lowest BCUT2D eigenvalue weighted by atomic mass is 10.3. The molecule has 0 aromatic heterocycles. The van der Waals surface area contributed by atoms with E-state index in [0.717, 1.165) is 6.07 Å². The molecule has 0 heterocycles. The van der Waals surface area contributed by atoms with Crippen molar-refractivity contribution < 1.29 is 14.0 Å². The van der Waals surface area contributed by atoms with Crippen LogP contribution in [0.4, 0.5) is 10.1 Å². The predicted molar refractivity (Wildman–Crippen MR) is 62.1 cm³/mol. The van der Waals surface area contributed by atoms with Crippen molar-refractivity contribution in [2.75, 3.05) is 18.4 Å². The number of benzene rings is 1. The van der Waals surface area contributed by atoms with Crippen molar-refractivity contribution in [2.24, 2.45) is 5.73 Å². The molecule has 0 radical (unpaired) electrons. The molecule has 0 saturated heterocycles. The summed E-state index contributed by atoms with van der Waals surface area (Å²) in [5.41, 5.74) is 5.03. The number of anilines is 1. The summed E-state index contributed by atoms with van der Waals surface area (Å²) in [5, 5.41) is 4.78. The van der Waals surface area contributed by atoms with E-state index in [2.05, 4.69) is 10.6 Å². The van der Waals surface area contributed by atoms with E-state index in [0.29, 0.717) is 0 Å². The minimum absolute atomic E-state index is 0.00129. The maximum Gasteiger partial charge on any atom is 0.243 e. The zero-order valence-electron chi connectivity index (χ0n) is 8.80. The van der Waals surface area contributed by atoms with Gasteiger partial charge in [-0.1, -0.05) is 11.6 Å². The molecule has 17 heavy (non-hydrogen) atoms. The molecule has 2 amide bonds. The molecule has 92 valence electrons. The average Bonchev–Trinajstić information content (AvgIpc) is 2.29. The third-order valence-electron chi connectivity index (χ3n) is 1.84. The summed E-state index contributed by atoms with van der Waals surface area (Å²) in [6, 6.07) is 3.86. The first-order valence-corrected chi connectivity index (χ1v) is 5.12. The predicted octanol–water partition coefficient (Wildman–Crippen LogP) is 0.492. The van der Waals surface area contributed by atoms with Gasteiger partial charge in [-0.3, -0.25) is 9.59 Å². The molecular formula is C10H11ClFN3O2. The van der Waals surface area contributed by atoms with Crippen LogP contribution in [0.15, 0.2) is 18.2 Å². The fourth-order valence-corrected chi connectivity index (χ4v) is 1.20. The van der Waals surface area contributed by atoms with Crippen LogP contribution < -0.4 is 16.4 Å². The number of rotatable bonds is 4. The fourth-order valence-electron chi connectivity index (χ4n) is 1.04. The Morgan fingerprint density at radius 2 is 2.06 bits per heavy atom. The smallest absolute Gasteiger partial charge is 0.243 e. The number of hydrogen-bond donors (Lipinski definition) is 3. The van der Waals surface area contributed by atoms with Crippen LogP contribution in [0.1, 0.15) is 0 Å². The van der Waals surface area contributed by atoms with Crippen LogP contribution >= 0.6 is 11.6 Å². The molecule has 7 heteroatoms. The highest BCUT2D eigenvalue weighted by molar-refractivity contribution is 6.30. The third kappa shape index (κ3) is 4.38.